The molecule has 0 bridgehead atoms. The van der Waals surface area contributed by atoms with Crippen molar-refractivity contribution in [3.05, 3.63) is 0 Å². The minimum absolute atomic E-state index is 0.0772. The molecule has 0 radical (unpaired) electrons. The summed E-state index contributed by atoms with van der Waals surface area (Å²) in [5.74, 6) is -1.82. The van der Waals surface area contributed by atoms with Gasteiger partial charge in [0, 0.05) is 6.92 Å². The van der Waals surface area contributed by atoms with Crippen molar-refractivity contribution in [3.63, 3.8) is 0 Å². The van der Waals surface area contributed by atoms with Crippen LogP contribution >= 0.6 is 0 Å². The average molecular weight is 361 g/mol. The summed E-state index contributed by atoms with van der Waals surface area (Å²) in [5, 5.41) is 22.9. The molecule has 3 N–H and O–H groups in total. The maximum absolute atomic E-state index is 12.1. The Balaban J connectivity index is 2.90. The molecule has 9 nitrogen and oxygen atoms in total. The molecule has 0 saturated carbocycles. The van der Waals surface area contributed by atoms with Gasteiger partial charge in [0.2, 0.25) is 5.91 Å². The second kappa shape index (κ2) is 8.59. The van der Waals surface area contributed by atoms with Gasteiger partial charge in [-0.3, -0.25) is 9.59 Å². The highest BCUT2D eigenvalue weighted by Crippen LogP contribution is 2.24. The van der Waals surface area contributed by atoms with E-state index in [2.05, 4.69) is 5.32 Å². The molecular formula is C16H27NO8. The molecule has 1 saturated heterocycles. The predicted octanol–water partition coefficient (Wildman–Crippen LogP) is -0.867. The SMILES string of the molecule is CCOC(=O)C1O[C@H](COC(=O)C(C)(C)C)C(O)C(O)C1NC(C)=O. The molecule has 0 spiro atoms. The van der Waals surface area contributed by atoms with Crippen molar-refractivity contribution >= 4 is 17.8 Å². The van der Waals surface area contributed by atoms with Gasteiger partial charge in [0.1, 0.15) is 24.9 Å². The standard InChI is InChI=1S/C16H27NO8/c1-6-23-14(21)13-10(17-8(2)18)12(20)11(19)9(25-13)7-24-15(22)16(3,4)5/h9-13,19-20H,6-7H2,1-5H3,(H,17,18)/t9-,10?,11?,12?,13?/m1/s1. The molecule has 1 fully saturated rings. The van der Waals surface area contributed by atoms with Crippen LogP contribution in [0.15, 0.2) is 0 Å². The molecule has 4 unspecified atom stereocenters. The van der Waals surface area contributed by atoms with E-state index in [0.29, 0.717) is 0 Å². The minimum Gasteiger partial charge on any atom is -0.464 e. The van der Waals surface area contributed by atoms with Crippen LogP contribution in [0.2, 0.25) is 0 Å². The van der Waals surface area contributed by atoms with Crippen molar-refractivity contribution in [1.82, 2.24) is 5.32 Å². The lowest BCUT2D eigenvalue weighted by Gasteiger charge is -2.41. The van der Waals surface area contributed by atoms with Crippen LogP contribution in [0, 0.1) is 5.41 Å². The number of nitrogens with one attached hydrogen (secondary N) is 1. The predicted molar refractivity (Wildman–Crippen MR) is 85.3 cm³/mol. The Hall–Kier alpha value is -1.71. The molecule has 1 heterocycles. The smallest absolute Gasteiger partial charge is 0.337 e. The summed E-state index contributed by atoms with van der Waals surface area (Å²) >= 11 is 0. The Bertz CT molecular complexity index is 501. The number of aliphatic hydroxyl groups excluding tert-OH is 2. The number of carbonyl (C=O) groups is 3. The number of esters is 2. The van der Waals surface area contributed by atoms with Crippen molar-refractivity contribution in [1.29, 1.82) is 0 Å². The fraction of sp³-hybridized carbons (Fsp3) is 0.812. The molecule has 0 aromatic rings. The number of rotatable bonds is 5. The summed E-state index contributed by atoms with van der Waals surface area (Å²) in [5.41, 5.74) is -0.752. The maximum Gasteiger partial charge on any atom is 0.337 e. The van der Waals surface area contributed by atoms with Crippen LogP contribution in [0.25, 0.3) is 0 Å². The van der Waals surface area contributed by atoms with Gasteiger partial charge in [-0.25, -0.2) is 4.79 Å². The first-order valence-corrected chi connectivity index (χ1v) is 8.11. The first-order valence-electron chi connectivity index (χ1n) is 8.11. The Morgan fingerprint density at radius 1 is 1.12 bits per heavy atom. The zero-order valence-corrected chi connectivity index (χ0v) is 15.1. The molecule has 9 heteroatoms. The van der Waals surface area contributed by atoms with Crippen LogP contribution in [0.1, 0.15) is 34.6 Å². The zero-order valence-electron chi connectivity index (χ0n) is 15.1. The number of aliphatic hydroxyl groups is 2. The largest absolute Gasteiger partial charge is 0.464 e. The normalized spacial score (nSPS) is 29.6. The topological polar surface area (TPSA) is 131 Å². The van der Waals surface area contributed by atoms with Gasteiger partial charge in [-0.2, -0.15) is 0 Å². The number of hydrogen-bond donors (Lipinski definition) is 3. The highest BCUT2D eigenvalue weighted by molar-refractivity contribution is 5.79. The van der Waals surface area contributed by atoms with Crippen molar-refractivity contribution in [2.24, 2.45) is 5.41 Å². The summed E-state index contributed by atoms with van der Waals surface area (Å²) in [6.07, 6.45) is -5.43. The Labute approximate surface area is 146 Å². The van der Waals surface area contributed by atoms with Gasteiger partial charge < -0.3 is 29.7 Å². The van der Waals surface area contributed by atoms with Crippen molar-refractivity contribution in [2.45, 2.75) is 65.1 Å². The zero-order chi connectivity index (χ0) is 19.4. The highest BCUT2D eigenvalue weighted by atomic mass is 16.6. The third-order valence-electron chi connectivity index (χ3n) is 3.63. The summed E-state index contributed by atoms with van der Waals surface area (Å²) in [7, 11) is 0. The summed E-state index contributed by atoms with van der Waals surface area (Å²) < 4.78 is 15.5. The van der Waals surface area contributed by atoms with Gasteiger partial charge in [-0.1, -0.05) is 0 Å². The van der Waals surface area contributed by atoms with Crippen LogP contribution in [0.5, 0.6) is 0 Å². The van der Waals surface area contributed by atoms with Crippen LogP contribution in [-0.2, 0) is 28.6 Å². The molecule has 144 valence electrons. The highest BCUT2D eigenvalue weighted by Gasteiger charge is 2.49. The van der Waals surface area contributed by atoms with E-state index in [9.17, 15) is 24.6 Å². The van der Waals surface area contributed by atoms with Gasteiger partial charge in [0.25, 0.3) is 0 Å². The Morgan fingerprint density at radius 2 is 1.72 bits per heavy atom. The molecule has 25 heavy (non-hydrogen) atoms. The van der Waals surface area contributed by atoms with Crippen LogP contribution in [0.3, 0.4) is 0 Å². The number of hydrogen-bond acceptors (Lipinski definition) is 8. The summed E-state index contributed by atoms with van der Waals surface area (Å²) in [6.45, 7) is 7.52. The maximum atomic E-state index is 12.1. The van der Waals surface area contributed by atoms with E-state index in [1.165, 1.54) is 6.92 Å². The van der Waals surface area contributed by atoms with E-state index in [0.717, 1.165) is 0 Å². The van der Waals surface area contributed by atoms with Crippen molar-refractivity contribution < 1.29 is 38.8 Å². The summed E-state index contributed by atoms with van der Waals surface area (Å²) in [6, 6.07) is -1.18. The van der Waals surface area contributed by atoms with Crippen LogP contribution in [-0.4, -0.2) is 71.7 Å². The van der Waals surface area contributed by atoms with Crippen LogP contribution in [0.4, 0.5) is 0 Å². The second-order valence-corrected chi connectivity index (χ2v) is 6.90. The Kier molecular flexibility index (Phi) is 7.33. The number of carbonyl (C=O) groups excluding carboxylic acids is 3. The average Bonchev–Trinajstić information content (AvgIpc) is 2.49. The molecule has 1 amide bonds. The van der Waals surface area contributed by atoms with Crippen LogP contribution < -0.4 is 5.32 Å². The first-order chi connectivity index (χ1) is 11.5. The van der Waals surface area contributed by atoms with Gasteiger partial charge >= 0.3 is 11.9 Å². The van der Waals surface area contributed by atoms with E-state index in [4.69, 9.17) is 14.2 Å². The molecule has 0 aromatic carbocycles. The van der Waals surface area contributed by atoms with E-state index in [1.54, 1.807) is 27.7 Å². The van der Waals surface area contributed by atoms with E-state index in [-0.39, 0.29) is 13.2 Å². The Morgan fingerprint density at radius 3 is 2.20 bits per heavy atom. The molecule has 0 aromatic heterocycles. The first kappa shape index (κ1) is 21.3. The molecule has 1 rings (SSSR count). The quantitative estimate of drug-likeness (QED) is 0.539. The van der Waals surface area contributed by atoms with Gasteiger partial charge in [0.15, 0.2) is 6.10 Å². The van der Waals surface area contributed by atoms with Gasteiger partial charge in [-0.05, 0) is 27.7 Å². The monoisotopic (exact) mass is 361 g/mol. The molecule has 0 aliphatic carbocycles. The number of amides is 1. The van der Waals surface area contributed by atoms with Gasteiger partial charge in [0.05, 0.1) is 18.1 Å². The molecule has 1 aliphatic rings. The lowest BCUT2D eigenvalue weighted by Crippen LogP contribution is -2.66. The number of ether oxygens (including phenoxy) is 3. The lowest BCUT2D eigenvalue weighted by atomic mass is 9.92. The molecular weight excluding hydrogens is 334 g/mol. The fourth-order valence-electron chi connectivity index (χ4n) is 2.30. The van der Waals surface area contributed by atoms with E-state index in [1.807, 2.05) is 0 Å². The van der Waals surface area contributed by atoms with Crippen molar-refractivity contribution in [3.8, 4) is 0 Å². The fourth-order valence-corrected chi connectivity index (χ4v) is 2.30. The summed E-state index contributed by atoms with van der Waals surface area (Å²) in [4.78, 5) is 35.3. The third-order valence-corrected chi connectivity index (χ3v) is 3.63. The third kappa shape index (κ3) is 5.65. The van der Waals surface area contributed by atoms with Crippen molar-refractivity contribution in [2.75, 3.05) is 13.2 Å². The van der Waals surface area contributed by atoms with E-state index < -0.39 is 53.7 Å². The lowest BCUT2D eigenvalue weighted by molar-refractivity contribution is -0.213. The molecule has 1 aliphatic heterocycles. The minimum atomic E-state index is -1.50. The van der Waals surface area contributed by atoms with Gasteiger partial charge in [-0.15, -0.1) is 0 Å². The second-order valence-electron chi connectivity index (χ2n) is 6.90. The molecule has 5 atom stereocenters. The van der Waals surface area contributed by atoms with E-state index >= 15 is 0 Å².